The predicted octanol–water partition coefficient (Wildman–Crippen LogP) is 6.70. The maximum Gasteiger partial charge on any atom is 0.429 e. The van der Waals surface area contributed by atoms with Crippen molar-refractivity contribution in [3.05, 3.63) is 64.2 Å². The third kappa shape index (κ3) is 6.89. The summed E-state index contributed by atoms with van der Waals surface area (Å²) in [6.45, 7) is 9.72. The second kappa shape index (κ2) is 11.7. The van der Waals surface area contributed by atoms with E-state index in [1.165, 1.54) is 24.3 Å². The highest BCUT2D eigenvalue weighted by atomic mass is 35.5. The van der Waals surface area contributed by atoms with Gasteiger partial charge >= 0.3 is 12.1 Å². The van der Waals surface area contributed by atoms with Crippen molar-refractivity contribution in [2.24, 2.45) is 5.41 Å². The van der Waals surface area contributed by atoms with Crippen LogP contribution in [0.2, 0.25) is 5.02 Å². The van der Waals surface area contributed by atoms with E-state index >= 15 is 0 Å². The molecule has 2 aliphatic rings. The van der Waals surface area contributed by atoms with Crippen molar-refractivity contribution in [2.45, 2.75) is 70.7 Å². The normalized spacial score (nSPS) is 19.3. The third-order valence-corrected chi connectivity index (χ3v) is 8.84. The van der Waals surface area contributed by atoms with Gasteiger partial charge in [-0.1, -0.05) is 62.2 Å². The maximum atomic E-state index is 14.8. The summed E-state index contributed by atoms with van der Waals surface area (Å²) < 4.78 is 49.9. The third-order valence-electron chi connectivity index (χ3n) is 8.60. The van der Waals surface area contributed by atoms with E-state index in [1.54, 1.807) is 0 Å². The number of nitrogens with zero attached hydrogens (tertiary/aromatic N) is 3. The van der Waals surface area contributed by atoms with Crippen molar-refractivity contribution in [1.29, 1.82) is 0 Å². The fraction of sp³-hybridized carbons (Fsp3) is 0.469. The molecule has 2 aliphatic heterocycles. The predicted molar refractivity (Wildman–Crippen MR) is 164 cm³/mol. The second-order valence-corrected chi connectivity index (χ2v) is 13.4. The van der Waals surface area contributed by atoms with Crippen molar-refractivity contribution < 1.29 is 27.8 Å². The van der Waals surface area contributed by atoms with Crippen molar-refractivity contribution >= 4 is 29.3 Å². The van der Waals surface area contributed by atoms with Gasteiger partial charge in [-0.2, -0.15) is 23.1 Å². The summed E-state index contributed by atoms with van der Waals surface area (Å²) >= 11 is 6.31. The number of piperidine rings is 1. The van der Waals surface area contributed by atoms with E-state index in [0.29, 0.717) is 60.9 Å². The molecule has 2 atom stereocenters. The Kier molecular flexibility index (Phi) is 8.50. The van der Waals surface area contributed by atoms with Crippen LogP contribution in [0.25, 0.3) is 11.1 Å². The summed E-state index contributed by atoms with van der Waals surface area (Å²) in [6.07, 6.45) is -5.22. The first-order chi connectivity index (χ1) is 20.5. The standard InChI is InChI=1S/C32H37ClF3N5O3/c1-18-11-19(13-20(12-18)30(2,3)4)23-14-21(33)5-6-22(23)27(32(34,35)36)44-26-15-25(39-29(37)40-26)41-9-7-31(8-10-41)16-24(28(42)43)38-17-31/h5-6,11-15,24,27,38H,7-10,16-17H2,1-4H3,(H,42,43)(H2,37,39,40). The van der Waals surface area contributed by atoms with Gasteiger partial charge in [0.15, 0.2) is 0 Å². The number of ether oxygens (including phenoxy) is 1. The van der Waals surface area contributed by atoms with E-state index in [2.05, 4.69) is 15.3 Å². The molecule has 2 aromatic carbocycles. The molecule has 2 fully saturated rings. The molecule has 1 aromatic heterocycles. The lowest BCUT2D eigenvalue weighted by molar-refractivity contribution is -0.198. The molecule has 0 aliphatic carbocycles. The van der Waals surface area contributed by atoms with E-state index in [-0.39, 0.29) is 28.2 Å². The lowest BCUT2D eigenvalue weighted by atomic mass is 9.76. The molecule has 3 heterocycles. The minimum Gasteiger partial charge on any atom is -0.480 e. The summed E-state index contributed by atoms with van der Waals surface area (Å²) in [5.74, 6) is -1.02. The van der Waals surface area contributed by atoms with Crippen LogP contribution in [0.3, 0.4) is 0 Å². The molecule has 4 N–H and O–H groups in total. The van der Waals surface area contributed by atoms with E-state index < -0.39 is 24.3 Å². The number of aliphatic carboxylic acids is 1. The Hall–Kier alpha value is -3.57. The smallest absolute Gasteiger partial charge is 0.429 e. The van der Waals surface area contributed by atoms with E-state index in [4.69, 9.17) is 22.1 Å². The lowest BCUT2D eigenvalue weighted by Gasteiger charge is -2.39. The van der Waals surface area contributed by atoms with Crippen LogP contribution in [0.15, 0.2) is 42.5 Å². The summed E-state index contributed by atoms with van der Waals surface area (Å²) in [6, 6.07) is 10.8. The second-order valence-electron chi connectivity index (χ2n) is 13.0. The minimum atomic E-state index is -4.80. The molecule has 0 saturated carbocycles. The largest absolute Gasteiger partial charge is 0.480 e. The minimum absolute atomic E-state index is 0.104. The number of aryl methyl sites for hydroxylation is 1. The zero-order chi connectivity index (χ0) is 32.0. The first kappa shape index (κ1) is 31.8. The van der Waals surface area contributed by atoms with Crippen molar-refractivity contribution in [2.75, 3.05) is 30.3 Å². The first-order valence-corrected chi connectivity index (χ1v) is 14.9. The number of halogens is 4. The molecule has 2 saturated heterocycles. The van der Waals surface area contributed by atoms with E-state index in [1.807, 2.05) is 50.8 Å². The van der Waals surface area contributed by atoms with Gasteiger partial charge in [0.25, 0.3) is 0 Å². The van der Waals surface area contributed by atoms with Crippen LogP contribution in [0.5, 0.6) is 5.88 Å². The Labute approximate surface area is 259 Å². The van der Waals surface area contributed by atoms with Crippen molar-refractivity contribution in [3.63, 3.8) is 0 Å². The molecular formula is C32H37ClF3N5O3. The molecule has 236 valence electrons. The molecule has 2 unspecified atom stereocenters. The SMILES string of the molecule is Cc1cc(-c2cc(Cl)ccc2C(Oc2cc(N3CCC4(CC3)CNC(C(=O)O)C4)nc(N)n2)C(F)(F)F)cc(C(C)(C)C)c1. The molecule has 8 nitrogen and oxygen atoms in total. The summed E-state index contributed by atoms with van der Waals surface area (Å²) in [4.78, 5) is 21.6. The van der Waals surface area contributed by atoms with Crippen molar-refractivity contribution in [1.82, 2.24) is 15.3 Å². The maximum absolute atomic E-state index is 14.8. The number of nitrogen functional groups attached to an aromatic ring is 1. The highest BCUT2D eigenvalue weighted by Crippen LogP contribution is 2.44. The molecule has 0 bridgehead atoms. The fourth-order valence-corrected chi connectivity index (χ4v) is 6.31. The van der Waals surface area contributed by atoms with Crippen LogP contribution in [-0.4, -0.2) is 52.9 Å². The summed E-state index contributed by atoms with van der Waals surface area (Å²) in [5.41, 5.74) is 8.28. The Morgan fingerprint density at radius 1 is 1.14 bits per heavy atom. The van der Waals surface area contributed by atoms with Gasteiger partial charge in [-0.25, -0.2) is 0 Å². The average molecular weight is 632 g/mol. The Morgan fingerprint density at radius 3 is 2.45 bits per heavy atom. The summed E-state index contributed by atoms with van der Waals surface area (Å²) in [7, 11) is 0. The topological polar surface area (TPSA) is 114 Å². The van der Waals surface area contributed by atoms with Crippen LogP contribution < -0.4 is 20.7 Å². The summed E-state index contributed by atoms with van der Waals surface area (Å²) in [5, 5.41) is 12.8. The number of hydrogen-bond donors (Lipinski definition) is 3. The number of alkyl halides is 3. The Morgan fingerprint density at radius 2 is 1.84 bits per heavy atom. The molecular weight excluding hydrogens is 595 g/mol. The number of nitrogens with one attached hydrogen (secondary N) is 1. The quantitative estimate of drug-likeness (QED) is 0.275. The Bertz CT molecular complexity index is 1550. The number of benzene rings is 2. The average Bonchev–Trinajstić information content (AvgIpc) is 3.34. The van der Waals surface area contributed by atoms with Gasteiger partial charge < -0.3 is 25.8 Å². The van der Waals surface area contributed by atoms with Crippen LogP contribution in [0.4, 0.5) is 24.9 Å². The van der Waals surface area contributed by atoms with Crippen LogP contribution >= 0.6 is 11.6 Å². The molecule has 1 spiro atoms. The van der Waals surface area contributed by atoms with Crippen LogP contribution in [0.1, 0.15) is 62.8 Å². The highest BCUT2D eigenvalue weighted by Gasteiger charge is 2.46. The monoisotopic (exact) mass is 631 g/mol. The molecule has 12 heteroatoms. The Balaban J connectivity index is 1.45. The molecule has 3 aromatic rings. The number of anilines is 2. The number of carboxylic acid groups (broad SMARTS) is 1. The number of hydrogen-bond acceptors (Lipinski definition) is 7. The molecule has 44 heavy (non-hydrogen) atoms. The van der Waals surface area contributed by atoms with Gasteiger partial charge in [0, 0.05) is 36.3 Å². The zero-order valence-corrected chi connectivity index (χ0v) is 25.9. The molecule has 5 rings (SSSR count). The van der Waals surface area contributed by atoms with Gasteiger partial charge in [-0.15, -0.1) is 0 Å². The van der Waals surface area contributed by atoms with Crippen molar-refractivity contribution in [3.8, 4) is 17.0 Å². The van der Waals surface area contributed by atoms with Crippen LogP contribution in [0, 0.1) is 12.3 Å². The number of nitrogens with two attached hydrogens (primary N) is 1. The fourth-order valence-electron chi connectivity index (χ4n) is 6.14. The molecule has 0 radical (unpaired) electrons. The van der Waals surface area contributed by atoms with Gasteiger partial charge in [0.1, 0.15) is 11.9 Å². The number of carbonyl (C=O) groups is 1. The number of rotatable bonds is 6. The zero-order valence-electron chi connectivity index (χ0n) is 25.1. The lowest BCUT2D eigenvalue weighted by Crippen LogP contribution is -2.41. The van der Waals surface area contributed by atoms with Gasteiger partial charge in [-0.05, 0) is 65.8 Å². The van der Waals surface area contributed by atoms with Gasteiger partial charge in [0.2, 0.25) is 17.9 Å². The number of carboxylic acids is 1. The van der Waals surface area contributed by atoms with Gasteiger partial charge in [-0.3, -0.25) is 4.79 Å². The first-order valence-electron chi connectivity index (χ1n) is 14.5. The van der Waals surface area contributed by atoms with E-state index in [9.17, 15) is 23.1 Å². The highest BCUT2D eigenvalue weighted by molar-refractivity contribution is 6.30. The van der Waals surface area contributed by atoms with E-state index in [0.717, 1.165) is 11.1 Å². The van der Waals surface area contributed by atoms with Crippen LogP contribution in [-0.2, 0) is 10.2 Å². The van der Waals surface area contributed by atoms with Gasteiger partial charge in [0.05, 0.1) is 0 Å². The number of aromatic nitrogens is 2. The molecule has 0 amide bonds.